The Morgan fingerprint density at radius 2 is 1.83 bits per heavy atom. The number of anilines is 2. The number of sulfone groups is 1. The molecule has 0 bridgehead atoms. The zero-order valence-electron chi connectivity index (χ0n) is 19.3. The molecule has 0 saturated carbocycles. The molecule has 0 spiro atoms. The minimum Gasteiger partial charge on any atom is -0.382 e. The standard InChI is InChI=1S/C24H23ClN6O3S/c1-14(2)22-28-11-17(12-29-22)24(32)31(20-5-4-8-27-23(20)35(3,33)34)13-15-6-7-16-10-18(25)21(26)30-19(16)9-15/h4-12,14H,13H2,1-3H3,(H2,26,30). The van der Waals surface area contributed by atoms with E-state index in [0.29, 0.717) is 21.9 Å². The highest BCUT2D eigenvalue weighted by atomic mass is 35.5. The molecule has 0 fully saturated rings. The fourth-order valence-corrected chi connectivity index (χ4v) is 4.50. The third kappa shape index (κ3) is 5.23. The van der Waals surface area contributed by atoms with E-state index in [9.17, 15) is 13.2 Å². The van der Waals surface area contributed by atoms with Gasteiger partial charge in [0.1, 0.15) is 11.6 Å². The highest BCUT2D eigenvalue weighted by Gasteiger charge is 2.26. The van der Waals surface area contributed by atoms with Gasteiger partial charge in [-0.2, -0.15) is 0 Å². The van der Waals surface area contributed by atoms with Crippen LogP contribution in [0.15, 0.2) is 60.0 Å². The fraction of sp³-hybridized carbons (Fsp3) is 0.208. The maximum Gasteiger partial charge on any atom is 0.261 e. The van der Waals surface area contributed by atoms with Gasteiger partial charge in [0.05, 0.1) is 28.3 Å². The van der Waals surface area contributed by atoms with Gasteiger partial charge in [0.15, 0.2) is 14.9 Å². The molecular weight excluding hydrogens is 488 g/mol. The molecule has 1 aromatic carbocycles. The summed E-state index contributed by atoms with van der Waals surface area (Å²) in [4.78, 5) is 31.9. The fourth-order valence-electron chi connectivity index (χ4n) is 3.52. The highest BCUT2D eigenvalue weighted by Crippen LogP contribution is 2.28. The Morgan fingerprint density at radius 1 is 1.11 bits per heavy atom. The van der Waals surface area contributed by atoms with Crippen LogP contribution in [0.2, 0.25) is 5.02 Å². The van der Waals surface area contributed by atoms with Crippen molar-refractivity contribution in [1.29, 1.82) is 0 Å². The summed E-state index contributed by atoms with van der Waals surface area (Å²) < 4.78 is 24.9. The van der Waals surface area contributed by atoms with Crippen LogP contribution in [0.4, 0.5) is 11.5 Å². The van der Waals surface area contributed by atoms with E-state index in [1.165, 1.54) is 23.5 Å². The average molecular weight is 511 g/mol. The van der Waals surface area contributed by atoms with Crippen LogP contribution in [-0.4, -0.2) is 40.5 Å². The van der Waals surface area contributed by atoms with Crippen molar-refractivity contribution < 1.29 is 13.2 Å². The third-order valence-corrected chi connectivity index (χ3v) is 6.60. The molecule has 35 heavy (non-hydrogen) atoms. The Balaban J connectivity index is 1.81. The molecular formula is C24H23ClN6O3S. The first kappa shape index (κ1) is 24.5. The number of nitrogens with two attached hydrogens (primary N) is 1. The van der Waals surface area contributed by atoms with Crippen molar-refractivity contribution in [3.63, 3.8) is 0 Å². The predicted molar refractivity (Wildman–Crippen MR) is 135 cm³/mol. The van der Waals surface area contributed by atoms with Crippen molar-refractivity contribution in [1.82, 2.24) is 19.9 Å². The van der Waals surface area contributed by atoms with Crippen molar-refractivity contribution in [2.45, 2.75) is 31.3 Å². The Hall–Kier alpha value is -3.63. The smallest absolute Gasteiger partial charge is 0.261 e. The van der Waals surface area contributed by atoms with Crippen LogP contribution >= 0.6 is 11.6 Å². The minimum atomic E-state index is -3.73. The van der Waals surface area contributed by atoms with Crippen LogP contribution in [0.1, 0.15) is 41.5 Å². The van der Waals surface area contributed by atoms with Crippen molar-refractivity contribution in [3.05, 3.63) is 77.0 Å². The topological polar surface area (TPSA) is 132 Å². The lowest BCUT2D eigenvalue weighted by Gasteiger charge is -2.24. The lowest BCUT2D eigenvalue weighted by atomic mass is 10.1. The maximum atomic E-state index is 13.6. The molecule has 0 aliphatic carbocycles. The van der Waals surface area contributed by atoms with Gasteiger partial charge < -0.3 is 10.6 Å². The lowest BCUT2D eigenvalue weighted by molar-refractivity contribution is 0.0983. The van der Waals surface area contributed by atoms with Gasteiger partial charge in [-0.1, -0.05) is 37.6 Å². The van der Waals surface area contributed by atoms with Crippen molar-refractivity contribution >= 4 is 49.8 Å². The summed E-state index contributed by atoms with van der Waals surface area (Å²) in [5.41, 5.74) is 7.51. The number of pyridine rings is 2. The summed E-state index contributed by atoms with van der Waals surface area (Å²) in [6.45, 7) is 3.94. The number of carbonyl (C=O) groups is 1. The van der Waals surface area contributed by atoms with Gasteiger partial charge >= 0.3 is 0 Å². The second-order valence-electron chi connectivity index (χ2n) is 8.36. The van der Waals surface area contributed by atoms with E-state index in [1.807, 2.05) is 26.0 Å². The molecule has 0 atom stereocenters. The molecule has 4 rings (SSSR count). The van der Waals surface area contributed by atoms with E-state index in [4.69, 9.17) is 17.3 Å². The van der Waals surface area contributed by atoms with Gasteiger partial charge in [0.2, 0.25) is 0 Å². The van der Waals surface area contributed by atoms with E-state index in [1.54, 1.807) is 24.3 Å². The number of fused-ring (bicyclic) bond motifs is 1. The molecule has 11 heteroatoms. The Bertz CT molecular complexity index is 1520. The highest BCUT2D eigenvalue weighted by molar-refractivity contribution is 7.90. The first-order valence-electron chi connectivity index (χ1n) is 10.7. The number of nitrogens with zero attached hydrogens (tertiary/aromatic N) is 5. The summed E-state index contributed by atoms with van der Waals surface area (Å²) in [6, 6.07) is 10.2. The number of halogens is 1. The van der Waals surface area contributed by atoms with E-state index in [2.05, 4.69) is 19.9 Å². The number of carbonyl (C=O) groups excluding carboxylic acids is 1. The van der Waals surface area contributed by atoms with E-state index in [-0.39, 0.29) is 34.6 Å². The molecule has 9 nitrogen and oxygen atoms in total. The molecule has 0 aliphatic heterocycles. The number of amides is 1. The van der Waals surface area contributed by atoms with Crippen molar-refractivity contribution in [3.8, 4) is 0 Å². The quantitative estimate of drug-likeness (QED) is 0.411. The van der Waals surface area contributed by atoms with Crippen LogP contribution in [0, 0.1) is 0 Å². The second kappa shape index (κ2) is 9.55. The van der Waals surface area contributed by atoms with E-state index >= 15 is 0 Å². The monoisotopic (exact) mass is 510 g/mol. The normalized spacial score (nSPS) is 11.7. The molecule has 1 amide bonds. The molecule has 0 aliphatic rings. The van der Waals surface area contributed by atoms with Crippen molar-refractivity contribution in [2.24, 2.45) is 0 Å². The molecule has 180 valence electrons. The van der Waals surface area contributed by atoms with Crippen molar-refractivity contribution in [2.75, 3.05) is 16.9 Å². The minimum absolute atomic E-state index is 0.0408. The Morgan fingerprint density at radius 3 is 2.49 bits per heavy atom. The maximum absolute atomic E-state index is 13.6. The summed E-state index contributed by atoms with van der Waals surface area (Å²) in [6.07, 6.45) is 5.31. The van der Waals surface area contributed by atoms with Crippen LogP contribution in [-0.2, 0) is 16.4 Å². The number of hydrogen-bond donors (Lipinski definition) is 1. The third-order valence-electron chi connectivity index (χ3n) is 5.28. The van der Waals surface area contributed by atoms with Crippen LogP contribution in [0.3, 0.4) is 0 Å². The summed E-state index contributed by atoms with van der Waals surface area (Å²) in [7, 11) is -3.73. The molecule has 0 saturated heterocycles. The van der Waals surface area contributed by atoms with Crippen LogP contribution < -0.4 is 10.6 Å². The zero-order chi connectivity index (χ0) is 25.3. The Kier molecular flexibility index (Phi) is 6.68. The molecule has 0 radical (unpaired) electrons. The predicted octanol–water partition coefficient (Wildman–Crippen LogP) is 4.03. The van der Waals surface area contributed by atoms with Gasteiger partial charge in [-0.05, 0) is 29.8 Å². The molecule has 0 unspecified atom stereocenters. The van der Waals surface area contributed by atoms with Gasteiger partial charge in [-0.15, -0.1) is 0 Å². The molecule has 3 heterocycles. The first-order chi connectivity index (χ1) is 16.5. The first-order valence-corrected chi connectivity index (χ1v) is 12.9. The Labute approximate surface area is 207 Å². The van der Waals surface area contributed by atoms with E-state index < -0.39 is 15.7 Å². The largest absolute Gasteiger partial charge is 0.382 e. The number of rotatable bonds is 6. The van der Waals surface area contributed by atoms with Crippen LogP contribution in [0.25, 0.3) is 10.9 Å². The number of hydrogen-bond acceptors (Lipinski definition) is 8. The number of aromatic nitrogens is 4. The number of benzene rings is 1. The van der Waals surface area contributed by atoms with Gasteiger partial charge in [0.25, 0.3) is 5.91 Å². The molecule has 2 N–H and O–H groups in total. The van der Waals surface area contributed by atoms with Crippen LogP contribution in [0.5, 0.6) is 0 Å². The van der Waals surface area contributed by atoms with Gasteiger partial charge in [0, 0.05) is 36.2 Å². The van der Waals surface area contributed by atoms with E-state index in [0.717, 1.165) is 11.6 Å². The molecule has 4 aromatic rings. The zero-order valence-corrected chi connectivity index (χ0v) is 20.9. The second-order valence-corrected chi connectivity index (χ2v) is 10.7. The van der Waals surface area contributed by atoms with Gasteiger partial charge in [-0.25, -0.2) is 28.4 Å². The number of nitrogen functional groups attached to an aromatic ring is 1. The summed E-state index contributed by atoms with van der Waals surface area (Å²) >= 11 is 6.08. The SMILES string of the molecule is CC(C)c1ncc(C(=O)N(Cc2ccc3cc(Cl)c(N)nc3c2)c2cccnc2S(C)(=O)=O)cn1. The summed E-state index contributed by atoms with van der Waals surface area (Å²) in [5.74, 6) is 0.416. The lowest BCUT2D eigenvalue weighted by Crippen LogP contribution is -2.32. The molecule has 3 aromatic heterocycles. The summed E-state index contributed by atoms with van der Waals surface area (Å²) in [5, 5.41) is 0.921. The average Bonchev–Trinajstić information content (AvgIpc) is 2.82. The van der Waals surface area contributed by atoms with Gasteiger partial charge in [-0.3, -0.25) is 4.79 Å².